The van der Waals surface area contributed by atoms with E-state index in [4.69, 9.17) is 18.9 Å². The molecule has 0 aliphatic heterocycles. The van der Waals surface area contributed by atoms with Crippen molar-refractivity contribution in [2.24, 2.45) is 0 Å². The van der Waals surface area contributed by atoms with Gasteiger partial charge in [0.2, 0.25) is 5.75 Å². The van der Waals surface area contributed by atoms with Crippen LogP contribution in [0.5, 0.6) is 17.2 Å². The summed E-state index contributed by atoms with van der Waals surface area (Å²) in [5, 5.41) is 0. The highest BCUT2D eigenvalue weighted by atomic mass is 16.5. The highest BCUT2D eigenvalue weighted by Gasteiger charge is 2.26. The van der Waals surface area contributed by atoms with E-state index in [0.717, 1.165) is 0 Å². The summed E-state index contributed by atoms with van der Waals surface area (Å²) >= 11 is 0. The summed E-state index contributed by atoms with van der Waals surface area (Å²) < 4.78 is 25.3. The SMILES string of the molecule is COC(=O)CCC(C(=O)OC)c1cc(OC)c(OC)c(OC)c1. The van der Waals surface area contributed by atoms with Gasteiger partial charge in [-0.15, -0.1) is 0 Å². The predicted molar refractivity (Wildman–Crippen MR) is 82.1 cm³/mol. The van der Waals surface area contributed by atoms with Crippen molar-refractivity contribution >= 4 is 11.9 Å². The van der Waals surface area contributed by atoms with Gasteiger partial charge < -0.3 is 23.7 Å². The molecule has 0 saturated carbocycles. The number of esters is 2. The molecule has 0 aromatic heterocycles. The van der Waals surface area contributed by atoms with Gasteiger partial charge in [0.1, 0.15) is 0 Å². The average Bonchev–Trinajstić information content (AvgIpc) is 2.59. The first-order chi connectivity index (χ1) is 11.0. The van der Waals surface area contributed by atoms with Crippen molar-refractivity contribution in [1.82, 2.24) is 0 Å². The molecule has 7 heteroatoms. The van der Waals surface area contributed by atoms with Crippen LogP contribution >= 0.6 is 0 Å². The molecule has 1 aromatic rings. The number of ether oxygens (including phenoxy) is 5. The third-order valence-corrected chi connectivity index (χ3v) is 3.44. The van der Waals surface area contributed by atoms with Crippen LogP contribution in [0.3, 0.4) is 0 Å². The summed E-state index contributed by atoms with van der Waals surface area (Å²) in [6.07, 6.45) is 0.338. The molecule has 1 rings (SSSR count). The number of rotatable bonds is 8. The Morgan fingerprint density at radius 2 is 1.48 bits per heavy atom. The second kappa shape index (κ2) is 8.87. The maximum atomic E-state index is 12.1. The Balaban J connectivity index is 3.24. The van der Waals surface area contributed by atoms with Crippen molar-refractivity contribution in [3.05, 3.63) is 17.7 Å². The van der Waals surface area contributed by atoms with E-state index in [1.807, 2.05) is 0 Å². The summed E-state index contributed by atoms with van der Waals surface area (Å²) in [5.74, 6) is -0.222. The Morgan fingerprint density at radius 3 is 1.87 bits per heavy atom. The molecule has 1 atom stereocenters. The van der Waals surface area contributed by atoms with E-state index >= 15 is 0 Å². The van der Waals surface area contributed by atoms with Crippen LogP contribution in [0.2, 0.25) is 0 Å². The lowest BCUT2D eigenvalue weighted by Gasteiger charge is -2.18. The second-order valence-electron chi connectivity index (χ2n) is 4.65. The maximum Gasteiger partial charge on any atom is 0.313 e. The summed E-state index contributed by atoms with van der Waals surface area (Å²) in [4.78, 5) is 23.4. The molecular formula is C16H22O7. The van der Waals surface area contributed by atoms with Gasteiger partial charge in [0, 0.05) is 6.42 Å². The lowest BCUT2D eigenvalue weighted by Crippen LogP contribution is -2.16. The van der Waals surface area contributed by atoms with Crippen LogP contribution in [0, 0.1) is 0 Å². The Kier molecular flexibility index (Phi) is 7.18. The highest BCUT2D eigenvalue weighted by Crippen LogP contribution is 2.41. The van der Waals surface area contributed by atoms with E-state index in [9.17, 15) is 9.59 Å². The standard InChI is InChI=1S/C16H22O7/c1-19-12-8-10(9-13(20-2)15(12)22-4)11(16(18)23-5)6-7-14(17)21-3/h8-9,11H,6-7H2,1-5H3. The van der Waals surface area contributed by atoms with E-state index in [2.05, 4.69) is 4.74 Å². The van der Waals surface area contributed by atoms with Crippen LogP contribution in [-0.2, 0) is 19.1 Å². The van der Waals surface area contributed by atoms with Crippen LogP contribution in [-0.4, -0.2) is 47.5 Å². The summed E-state index contributed by atoms with van der Waals surface area (Å²) in [6.45, 7) is 0. The van der Waals surface area contributed by atoms with E-state index in [1.54, 1.807) is 12.1 Å². The van der Waals surface area contributed by atoms with Crippen molar-refractivity contribution in [2.45, 2.75) is 18.8 Å². The number of methoxy groups -OCH3 is 5. The number of carbonyl (C=O) groups is 2. The third-order valence-electron chi connectivity index (χ3n) is 3.44. The molecule has 7 nitrogen and oxygen atoms in total. The number of benzene rings is 1. The van der Waals surface area contributed by atoms with Gasteiger partial charge in [-0.3, -0.25) is 9.59 Å². The van der Waals surface area contributed by atoms with Crippen molar-refractivity contribution < 1.29 is 33.3 Å². The van der Waals surface area contributed by atoms with E-state index in [0.29, 0.717) is 22.8 Å². The van der Waals surface area contributed by atoms with Crippen molar-refractivity contribution in [3.8, 4) is 17.2 Å². The van der Waals surface area contributed by atoms with Crippen molar-refractivity contribution in [2.75, 3.05) is 35.5 Å². The van der Waals surface area contributed by atoms with Gasteiger partial charge >= 0.3 is 11.9 Å². The van der Waals surface area contributed by atoms with Crippen LogP contribution in [0.1, 0.15) is 24.3 Å². The average molecular weight is 326 g/mol. The molecule has 0 aliphatic carbocycles. The number of carbonyl (C=O) groups excluding carboxylic acids is 2. The monoisotopic (exact) mass is 326 g/mol. The fourth-order valence-corrected chi connectivity index (χ4v) is 2.23. The Morgan fingerprint density at radius 1 is 0.913 bits per heavy atom. The van der Waals surface area contributed by atoms with Gasteiger partial charge in [0.15, 0.2) is 11.5 Å². The lowest BCUT2D eigenvalue weighted by molar-refractivity contribution is -0.143. The molecule has 0 heterocycles. The number of hydrogen-bond donors (Lipinski definition) is 0. The molecule has 1 unspecified atom stereocenters. The highest BCUT2D eigenvalue weighted by molar-refractivity contribution is 5.80. The molecule has 0 amide bonds. The van der Waals surface area contributed by atoms with Crippen LogP contribution in [0.15, 0.2) is 12.1 Å². The smallest absolute Gasteiger partial charge is 0.313 e. The molecule has 0 radical (unpaired) electrons. The molecule has 0 spiro atoms. The molecule has 0 N–H and O–H groups in total. The van der Waals surface area contributed by atoms with Gasteiger partial charge in [0.05, 0.1) is 41.5 Å². The van der Waals surface area contributed by atoms with Crippen molar-refractivity contribution in [3.63, 3.8) is 0 Å². The minimum atomic E-state index is -0.646. The van der Waals surface area contributed by atoms with Crippen LogP contribution in [0.4, 0.5) is 0 Å². The molecule has 0 aliphatic rings. The zero-order valence-corrected chi connectivity index (χ0v) is 14.0. The normalized spacial score (nSPS) is 11.3. The first kappa shape index (κ1) is 18.6. The van der Waals surface area contributed by atoms with E-state index in [-0.39, 0.29) is 12.8 Å². The minimum absolute atomic E-state index is 0.0902. The minimum Gasteiger partial charge on any atom is -0.493 e. The molecule has 128 valence electrons. The Hall–Kier alpha value is -2.44. The first-order valence-electron chi connectivity index (χ1n) is 6.96. The van der Waals surface area contributed by atoms with Gasteiger partial charge in [-0.2, -0.15) is 0 Å². The number of hydrogen-bond acceptors (Lipinski definition) is 7. The Bertz CT molecular complexity index is 528. The molecule has 0 bridgehead atoms. The molecule has 0 fully saturated rings. The molecular weight excluding hydrogens is 304 g/mol. The lowest BCUT2D eigenvalue weighted by atomic mass is 9.93. The van der Waals surface area contributed by atoms with Gasteiger partial charge in [-0.25, -0.2) is 0 Å². The maximum absolute atomic E-state index is 12.1. The zero-order valence-electron chi connectivity index (χ0n) is 14.0. The largest absolute Gasteiger partial charge is 0.493 e. The van der Waals surface area contributed by atoms with E-state index < -0.39 is 17.9 Å². The quantitative estimate of drug-likeness (QED) is 0.675. The molecule has 0 saturated heterocycles. The summed E-state index contributed by atoms with van der Waals surface area (Å²) in [5.41, 5.74) is 0.607. The van der Waals surface area contributed by atoms with Gasteiger partial charge in [-0.1, -0.05) is 0 Å². The van der Waals surface area contributed by atoms with Crippen molar-refractivity contribution in [1.29, 1.82) is 0 Å². The van der Waals surface area contributed by atoms with Crippen LogP contribution < -0.4 is 14.2 Å². The van der Waals surface area contributed by atoms with Gasteiger partial charge in [-0.05, 0) is 24.1 Å². The topological polar surface area (TPSA) is 80.3 Å². The van der Waals surface area contributed by atoms with E-state index in [1.165, 1.54) is 35.5 Å². The zero-order chi connectivity index (χ0) is 17.4. The fourth-order valence-electron chi connectivity index (χ4n) is 2.23. The predicted octanol–water partition coefficient (Wildman–Crippen LogP) is 1.92. The summed E-state index contributed by atoms with van der Waals surface area (Å²) in [7, 11) is 7.07. The molecule has 23 heavy (non-hydrogen) atoms. The fraction of sp³-hybridized carbons (Fsp3) is 0.500. The van der Waals surface area contributed by atoms with Crippen LogP contribution in [0.25, 0.3) is 0 Å². The second-order valence-corrected chi connectivity index (χ2v) is 4.65. The Labute approximate surface area is 135 Å². The third kappa shape index (κ3) is 4.51. The molecule has 1 aromatic carbocycles. The van der Waals surface area contributed by atoms with Gasteiger partial charge in [0.25, 0.3) is 0 Å². The first-order valence-corrected chi connectivity index (χ1v) is 6.96. The summed E-state index contributed by atoms with van der Waals surface area (Å²) in [6, 6.07) is 3.33.